The lowest BCUT2D eigenvalue weighted by atomic mass is 10.1. The molecule has 3 fully saturated rings. The lowest BCUT2D eigenvalue weighted by molar-refractivity contribution is 0.122. The van der Waals surface area contributed by atoms with E-state index in [1.807, 2.05) is 18.5 Å². The highest BCUT2D eigenvalue weighted by Crippen LogP contribution is 2.37. The highest BCUT2D eigenvalue weighted by Gasteiger charge is 2.47. The van der Waals surface area contributed by atoms with Gasteiger partial charge in [-0.05, 0) is 34.9 Å². The van der Waals surface area contributed by atoms with E-state index >= 15 is 0 Å². The lowest BCUT2D eigenvalue weighted by Gasteiger charge is -2.27. The Bertz CT molecular complexity index is 1640. The number of morpholine rings is 1. The van der Waals surface area contributed by atoms with E-state index in [9.17, 15) is 4.55 Å². The number of aromatic amines is 1. The van der Waals surface area contributed by atoms with E-state index in [0.717, 1.165) is 77.1 Å². The van der Waals surface area contributed by atoms with Crippen molar-refractivity contribution in [2.45, 2.75) is 24.3 Å². The van der Waals surface area contributed by atoms with Gasteiger partial charge in [-0.25, -0.2) is 15.0 Å². The molecular weight excluding hydrogens is 488 g/mol. The highest BCUT2D eigenvalue weighted by atomic mass is 32.2. The maximum Gasteiger partial charge on any atom is 0.229 e. The van der Waals surface area contributed by atoms with Crippen LogP contribution in [0.25, 0.3) is 44.5 Å². The number of hydrogen-bond acceptors (Lipinski definition) is 8. The first-order valence-electron chi connectivity index (χ1n) is 12.8. The van der Waals surface area contributed by atoms with Gasteiger partial charge >= 0.3 is 0 Å². The average molecular weight is 515 g/mol. The average Bonchev–Trinajstić information content (AvgIpc) is 3.71. The fourth-order valence-electron chi connectivity index (χ4n) is 6.09. The number of furan rings is 1. The van der Waals surface area contributed by atoms with Gasteiger partial charge < -0.3 is 23.6 Å². The number of anilines is 1. The zero-order chi connectivity index (χ0) is 24.5. The fourth-order valence-corrected chi connectivity index (χ4v) is 7.88. The van der Waals surface area contributed by atoms with Gasteiger partial charge in [-0.2, -0.15) is 0 Å². The third-order valence-electron chi connectivity index (χ3n) is 7.96. The van der Waals surface area contributed by atoms with Crippen molar-refractivity contribution < 1.29 is 13.7 Å². The van der Waals surface area contributed by atoms with E-state index in [1.165, 1.54) is 0 Å². The summed E-state index contributed by atoms with van der Waals surface area (Å²) >= 11 is -0.662. The Morgan fingerprint density at radius 2 is 2.05 bits per heavy atom. The summed E-state index contributed by atoms with van der Waals surface area (Å²) in [4.78, 5) is 22.8. The number of fused-ring (bicyclic) bond motifs is 6. The number of nitrogens with one attached hydrogen (secondary N) is 1. The Labute approximate surface area is 216 Å². The predicted octanol–water partition coefficient (Wildman–Crippen LogP) is 3.46. The Balaban J connectivity index is 1.27. The molecule has 3 aliphatic heterocycles. The second-order valence-electron chi connectivity index (χ2n) is 10.2. The van der Waals surface area contributed by atoms with Gasteiger partial charge in [-0.3, -0.25) is 4.90 Å². The second kappa shape index (κ2) is 8.42. The van der Waals surface area contributed by atoms with E-state index in [2.05, 4.69) is 39.0 Å². The number of nitrogens with zero attached hydrogens (tertiary/aromatic N) is 5. The number of likely N-dealkylation sites (tertiary alicyclic amines) is 1. The van der Waals surface area contributed by atoms with Gasteiger partial charge in [0, 0.05) is 61.5 Å². The molecule has 0 amide bonds. The molecule has 1 N–H and O–H groups in total. The van der Waals surface area contributed by atoms with Crippen molar-refractivity contribution in [2.24, 2.45) is 0 Å². The van der Waals surface area contributed by atoms with E-state index < -0.39 is 11.2 Å². The maximum atomic E-state index is 12.1. The number of ether oxygens (including phenoxy) is 1. The maximum absolute atomic E-state index is 12.1. The smallest absolute Gasteiger partial charge is 0.229 e. The molecule has 0 aliphatic carbocycles. The van der Waals surface area contributed by atoms with Crippen molar-refractivity contribution in [3.8, 4) is 11.4 Å². The van der Waals surface area contributed by atoms with Crippen LogP contribution in [0.15, 0.2) is 47.1 Å². The lowest BCUT2D eigenvalue weighted by Crippen LogP contribution is -2.39. The van der Waals surface area contributed by atoms with Gasteiger partial charge in [0.2, 0.25) is 5.71 Å². The normalized spacial score (nSPS) is 24.2. The molecular formula is C27H26N6O3S. The SMILES string of the molecule is [O-][S+]1C[C@@H]2C[C@H]1CN2Cc1cnc2oc3c(N4CCOCC4)nc(-c4cccc5[nH]ccc45)nc3c2c1. The summed E-state index contributed by atoms with van der Waals surface area (Å²) in [6.07, 6.45) is 4.89. The van der Waals surface area contributed by atoms with Gasteiger partial charge in [0.05, 0.1) is 24.6 Å². The molecule has 0 saturated carbocycles. The number of rotatable bonds is 4. The van der Waals surface area contributed by atoms with Crippen LogP contribution in [0, 0.1) is 0 Å². The van der Waals surface area contributed by atoms with Crippen LogP contribution >= 0.6 is 0 Å². The monoisotopic (exact) mass is 514 g/mol. The molecule has 5 aromatic rings. The molecule has 2 bridgehead atoms. The van der Waals surface area contributed by atoms with E-state index in [0.29, 0.717) is 41.6 Å². The molecule has 7 heterocycles. The molecule has 37 heavy (non-hydrogen) atoms. The van der Waals surface area contributed by atoms with Gasteiger partial charge in [0.15, 0.2) is 17.2 Å². The molecule has 188 valence electrons. The van der Waals surface area contributed by atoms with Crippen LogP contribution in [-0.4, -0.2) is 79.3 Å². The minimum Gasteiger partial charge on any atom is -0.616 e. The van der Waals surface area contributed by atoms with Crippen molar-refractivity contribution in [3.63, 3.8) is 0 Å². The minimum absolute atomic E-state index is 0.318. The third-order valence-corrected chi connectivity index (χ3v) is 9.76. The highest BCUT2D eigenvalue weighted by molar-refractivity contribution is 7.92. The van der Waals surface area contributed by atoms with Gasteiger partial charge in [0.25, 0.3) is 0 Å². The van der Waals surface area contributed by atoms with Crippen LogP contribution < -0.4 is 4.90 Å². The Hall–Kier alpha value is -3.18. The van der Waals surface area contributed by atoms with Gasteiger partial charge in [-0.1, -0.05) is 12.1 Å². The quantitative estimate of drug-likeness (QED) is 0.364. The summed E-state index contributed by atoms with van der Waals surface area (Å²) in [7, 11) is 0. The van der Waals surface area contributed by atoms with Crippen LogP contribution in [0.2, 0.25) is 0 Å². The predicted molar refractivity (Wildman–Crippen MR) is 143 cm³/mol. The topological polar surface area (TPSA) is 106 Å². The van der Waals surface area contributed by atoms with E-state index in [1.54, 1.807) is 0 Å². The number of H-pyrrole nitrogens is 1. The summed E-state index contributed by atoms with van der Waals surface area (Å²) in [5.41, 5.74) is 5.18. The molecule has 1 unspecified atom stereocenters. The van der Waals surface area contributed by atoms with Crippen LogP contribution in [0.4, 0.5) is 5.82 Å². The number of aromatic nitrogens is 4. The minimum atomic E-state index is -0.662. The number of benzene rings is 1. The van der Waals surface area contributed by atoms with Crippen LogP contribution in [-0.2, 0) is 22.5 Å². The Morgan fingerprint density at radius 1 is 1.14 bits per heavy atom. The Kier molecular flexibility index (Phi) is 4.98. The summed E-state index contributed by atoms with van der Waals surface area (Å²) in [5.74, 6) is 2.25. The van der Waals surface area contributed by atoms with Crippen molar-refractivity contribution >= 4 is 50.1 Å². The standard InChI is InChI=1S/C27H26N6O3S/c34-37-15-17-11-18(37)14-33(17)13-16-10-21-23-24(36-27(21)29-12-16)26(32-6-8-35-9-7-32)31-25(30-23)20-2-1-3-22-19(20)4-5-28-22/h1-5,10,12,17-18,28H,6-9,11,13-15H2/t17-,18-,37?/m0/s1. The molecule has 0 radical (unpaired) electrons. The van der Waals surface area contributed by atoms with Crippen LogP contribution in [0.5, 0.6) is 0 Å². The molecule has 8 rings (SSSR count). The zero-order valence-electron chi connectivity index (χ0n) is 20.2. The summed E-state index contributed by atoms with van der Waals surface area (Å²) in [5, 5.41) is 2.31. The van der Waals surface area contributed by atoms with Gasteiger partial charge in [0.1, 0.15) is 16.5 Å². The van der Waals surface area contributed by atoms with E-state index in [-0.39, 0.29) is 0 Å². The molecule has 3 aliphatic rings. The molecule has 3 atom stereocenters. The summed E-state index contributed by atoms with van der Waals surface area (Å²) < 4.78 is 24.0. The van der Waals surface area contributed by atoms with Crippen molar-refractivity contribution in [2.75, 3.05) is 43.5 Å². The largest absolute Gasteiger partial charge is 0.616 e. The Morgan fingerprint density at radius 3 is 2.89 bits per heavy atom. The molecule has 0 spiro atoms. The first-order valence-corrected chi connectivity index (χ1v) is 14.2. The van der Waals surface area contributed by atoms with Crippen molar-refractivity contribution in [1.82, 2.24) is 24.8 Å². The van der Waals surface area contributed by atoms with Crippen LogP contribution in [0.1, 0.15) is 12.0 Å². The molecule has 3 saturated heterocycles. The third kappa shape index (κ3) is 3.54. The second-order valence-corrected chi connectivity index (χ2v) is 11.9. The summed E-state index contributed by atoms with van der Waals surface area (Å²) in [6, 6.07) is 10.8. The molecule has 9 nitrogen and oxygen atoms in total. The zero-order valence-corrected chi connectivity index (χ0v) is 21.0. The molecule has 1 aromatic carbocycles. The first-order chi connectivity index (χ1) is 18.2. The van der Waals surface area contributed by atoms with Crippen molar-refractivity contribution in [3.05, 3.63) is 48.3 Å². The van der Waals surface area contributed by atoms with Gasteiger partial charge in [-0.15, -0.1) is 0 Å². The first kappa shape index (κ1) is 21.9. The van der Waals surface area contributed by atoms with E-state index in [4.69, 9.17) is 24.1 Å². The van der Waals surface area contributed by atoms with Crippen LogP contribution in [0.3, 0.4) is 0 Å². The number of hydrogen-bond donors (Lipinski definition) is 1. The summed E-state index contributed by atoms with van der Waals surface area (Å²) in [6.45, 7) is 4.49. The van der Waals surface area contributed by atoms with Crippen molar-refractivity contribution in [1.29, 1.82) is 0 Å². The molecule has 10 heteroatoms. The molecule has 4 aromatic heterocycles. The number of pyridine rings is 1. The fraction of sp³-hybridized carbons (Fsp3) is 0.370.